The average molecular weight is 423 g/mol. The van der Waals surface area contributed by atoms with Gasteiger partial charge in [0.05, 0.1) is 9.79 Å². The fraction of sp³-hybridized carbons (Fsp3) is 0.300. The maximum Gasteiger partial charge on any atom is 0.240 e. The van der Waals surface area contributed by atoms with E-state index in [0.717, 1.165) is 22.3 Å². The highest BCUT2D eigenvalue weighted by atomic mass is 32.2. The summed E-state index contributed by atoms with van der Waals surface area (Å²) in [5.74, 6) is 0. The van der Waals surface area contributed by atoms with Gasteiger partial charge in [-0.1, -0.05) is 46.5 Å². The van der Waals surface area contributed by atoms with Gasteiger partial charge in [0.1, 0.15) is 0 Å². The number of aryl methyl sites for hydroxylation is 2. The molecule has 2 aromatic carbocycles. The Morgan fingerprint density at radius 1 is 0.643 bits per heavy atom. The van der Waals surface area contributed by atoms with Gasteiger partial charge in [0.25, 0.3) is 0 Å². The molecule has 0 atom stereocenters. The number of sulfonamides is 2. The molecule has 0 aromatic heterocycles. The standard InChI is InChI=1S/C20H26N2O4S2/c1-15-5-9-19(10-6-15)27(23,24)21-13-17(3)18(4)14-22-28(25,26)20-11-7-16(2)8-12-20/h5-12,21-22H,13-14H2,1-4H3/b18-17+. The summed E-state index contributed by atoms with van der Waals surface area (Å²) in [7, 11) is -7.24. The minimum atomic E-state index is -3.62. The summed E-state index contributed by atoms with van der Waals surface area (Å²) in [5.41, 5.74) is 3.46. The van der Waals surface area contributed by atoms with E-state index in [1.54, 1.807) is 62.4 Å². The van der Waals surface area contributed by atoms with Crippen molar-refractivity contribution in [2.45, 2.75) is 37.5 Å². The van der Waals surface area contributed by atoms with Gasteiger partial charge in [-0.15, -0.1) is 0 Å². The number of hydrogen-bond acceptors (Lipinski definition) is 4. The van der Waals surface area contributed by atoms with Crippen molar-refractivity contribution in [3.63, 3.8) is 0 Å². The second-order valence-corrected chi connectivity index (χ2v) is 10.4. The molecule has 0 spiro atoms. The molecule has 0 amide bonds. The first kappa shape index (κ1) is 22.3. The average Bonchev–Trinajstić information content (AvgIpc) is 2.65. The van der Waals surface area contributed by atoms with Crippen molar-refractivity contribution in [1.82, 2.24) is 9.44 Å². The quantitative estimate of drug-likeness (QED) is 0.640. The van der Waals surface area contributed by atoms with Crippen molar-refractivity contribution in [1.29, 1.82) is 0 Å². The van der Waals surface area contributed by atoms with Gasteiger partial charge < -0.3 is 0 Å². The Balaban J connectivity index is 2.01. The molecule has 0 aliphatic rings. The SMILES string of the molecule is C/C(CNS(=O)(=O)c1ccc(C)cc1)=C(/C)CNS(=O)(=O)c1ccc(C)cc1. The van der Waals surface area contributed by atoms with Crippen LogP contribution in [0.4, 0.5) is 0 Å². The highest BCUT2D eigenvalue weighted by Gasteiger charge is 2.15. The molecule has 2 N–H and O–H groups in total. The summed E-state index contributed by atoms with van der Waals surface area (Å²) < 4.78 is 54.5. The molecule has 0 saturated carbocycles. The third-order valence-electron chi connectivity index (χ3n) is 4.45. The van der Waals surface area contributed by atoms with E-state index in [9.17, 15) is 16.8 Å². The van der Waals surface area contributed by atoms with E-state index in [-0.39, 0.29) is 22.9 Å². The van der Waals surface area contributed by atoms with Crippen LogP contribution in [0.1, 0.15) is 25.0 Å². The smallest absolute Gasteiger partial charge is 0.207 e. The van der Waals surface area contributed by atoms with Gasteiger partial charge in [0, 0.05) is 13.1 Å². The number of hydrogen-bond donors (Lipinski definition) is 2. The lowest BCUT2D eigenvalue weighted by molar-refractivity contribution is 0.581. The molecule has 28 heavy (non-hydrogen) atoms. The Morgan fingerprint density at radius 2 is 0.929 bits per heavy atom. The predicted molar refractivity (Wildman–Crippen MR) is 111 cm³/mol. The molecule has 8 heteroatoms. The lowest BCUT2D eigenvalue weighted by Gasteiger charge is -2.12. The van der Waals surface area contributed by atoms with Gasteiger partial charge in [-0.2, -0.15) is 0 Å². The Bertz CT molecular complexity index is 967. The zero-order valence-corrected chi connectivity index (χ0v) is 18.1. The molecule has 0 aliphatic carbocycles. The largest absolute Gasteiger partial charge is 0.240 e. The Hall–Kier alpha value is -2.00. The molecule has 0 bridgehead atoms. The van der Waals surface area contributed by atoms with Crippen LogP contribution in [0.3, 0.4) is 0 Å². The number of benzene rings is 2. The predicted octanol–water partition coefficient (Wildman–Crippen LogP) is 2.90. The van der Waals surface area contributed by atoms with Crippen LogP contribution >= 0.6 is 0 Å². The first-order chi connectivity index (χ1) is 13.0. The van der Waals surface area contributed by atoms with Crippen molar-refractivity contribution >= 4 is 20.0 Å². The molecule has 2 rings (SSSR count). The molecular weight excluding hydrogens is 396 g/mol. The molecule has 0 saturated heterocycles. The monoisotopic (exact) mass is 422 g/mol. The van der Waals surface area contributed by atoms with Crippen LogP contribution in [0, 0.1) is 13.8 Å². The van der Waals surface area contributed by atoms with Crippen LogP contribution < -0.4 is 9.44 Å². The van der Waals surface area contributed by atoms with E-state index >= 15 is 0 Å². The Morgan fingerprint density at radius 3 is 1.21 bits per heavy atom. The van der Waals surface area contributed by atoms with Crippen LogP contribution in [0.5, 0.6) is 0 Å². The van der Waals surface area contributed by atoms with Crippen molar-refractivity contribution in [2.75, 3.05) is 13.1 Å². The zero-order chi connectivity index (χ0) is 20.9. The van der Waals surface area contributed by atoms with Gasteiger partial charge in [-0.25, -0.2) is 26.3 Å². The van der Waals surface area contributed by atoms with Crippen molar-refractivity contribution < 1.29 is 16.8 Å². The van der Waals surface area contributed by atoms with Gasteiger partial charge >= 0.3 is 0 Å². The first-order valence-corrected chi connectivity index (χ1v) is 11.8. The molecule has 2 aromatic rings. The van der Waals surface area contributed by atoms with Crippen molar-refractivity contribution in [3.05, 3.63) is 70.8 Å². The van der Waals surface area contributed by atoms with E-state index in [0.29, 0.717) is 0 Å². The number of rotatable bonds is 8. The molecule has 0 aliphatic heterocycles. The highest BCUT2D eigenvalue weighted by molar-refractivity contribution is 7.89. The fourth-order valence-corrected chi connectivity index (χ4v) is 4.44. The van der Waals surface area contributed by atoms with E-state index in [2.05, 4.69) is 9.44 Å². The normalized spacial score (nSPS) is 13.3. The maximum atomic E-state index is 12.4. The van der Waals surface area contributed by atoms with E-state index in [1.807, 2.05) is 13.8 Å². The van der Waals surface area contributed by atoms with Crippen LogP contribution in [0.25, 0.3) is 0 Å². The minimum Gasteiger partial charge on any atom is -0.207 e. The fourth-order valence-electron chi connectivity index (χ4n) is 2.31. The second-order valence-electron chi connectivity index (χ2n) is 6.84. The molecule has 0 unspecified atom stereocenters. The van der Waals surface area contributed by atoms with Gasteiger partial charge in [0.2, 0.25) is 20.0 Å². The molecule has 6 nitrogen and oxygen atoms in total. The third kappa shape index (κ3) is 6.00. The topological polar surface area (TPSA) is 92.3 Å². The van der Waals surface area contributed by atoms with Gasteiger partial charge in [0.15, 0.2) is 0 Å². The van der Waals surface area contributed by atoms with Gasteiger partial charge in [-0.3, -0.25) is 0 Å². The summed E-state index contributed by atoms with van der Waals surface area (Å²) in [6, 6.07) is 13.2. The van der Waals surface area contributed by atoms with Gasteiger partial charge in [-0.05, 0) is 52.0 Å². The molecule has 0 heterocycles. The second kappa shape index (κ2) is 9.00. The molecule has 152 valence electrons. The lowest BCUT2D eigenvalue weighted by atomic mass is 10.1. The Kier molecular flexibility index (Phi) is 7.16. The van der Waals surface area contributed by atoms with Crippen LogP contribution in [-0.2, 0) is 20.0 Å². The van der Waals surface area contributed by atoms with Crippen LogP contribution in [-0.4, -0.2) is 29.9 Å². The molecule has 0 fully saturated rings. The van der Waals surface area contributed by atoms with E-state index in [1.165, 1.54) is 0 Å². The number of nitrogens with one attached hydrogen (secondary N) is 2. The van der Waals surface area contributed by atoms with E-state index < -0.39 is 20.0 Å². The minimum absolute atomic E-state index is 0.105. The summed E-state index contributed by atoms with van der Waals surface area (Å²) in [5, 5.41) is 0. The zero-order valence-electron chi connectivity index (χ0n) is 16.5. The summed E-state index contributed by atoms with van der Waals surface area (Å²) in [4.78, 5) is 0.396. The van der Waals surface area contributed by atoms with Crippen LogP contribution in [0.15, 0.2) is 69.5 Å². The highest BCUT2D eigenvalue weighted by Crippen LogP contribution is 2.12. The van der Waals surface area contributed by atoms with Crippen molar-refractivity contribution in [2.24, 2.45) is 0 Å². The molecule has 0 radical (unpaired) electrons. The van der Waals surface area contributed by atoms with Crippen molar-refractivity contribution in [3.8, 4) is 0 Å². The Labute approximate surface area is 167 Å². The van der Waals surface area contributed by atoms with E-state index in [4.69, 9.17) is 0 Å². The summed E-state index contributed by atoms with van der Waals surface area (Å²) in [6.45, 7) is 7.53. The lowest BCUT2D eigenvalue weighted by Crippen LogP contribution is -2.28. The summed E-state index contributed by atoms with van der Waals surface area (Å²) in [6.07, 6.45) is 0. The maximum absolute atomic E-state index is 12.4. The summed E-state index contributed by atoms with van der Waals surface area (Å²) >= 11 is 0. The third-order valence-corrected chi connectivity index (χ3v) is 7.28. The first-order valence-electron chi connectivity index (χ1n) is 8.79. The van der Waals surface area contributed by atoms with Crippen LogP contribution in [0.2, 0.25) is 0 Å². The molecular formula is C20H26N2O4S2.